The van der Waals surface area contributed by atoms with Crippen molar-refractivity contribution < 1.29 is 0 Å². The number of hydrogen-bond acceptors (Lipinski definition) is 3. The van der Waals surface area contributed by atoms with Gasteiger partial charge in [-0.15, -0.1) is 0 Å². The summed E-state index contributed by atoms with van der Waals surface area (Å²) in [6.07, 6.45) is 12.4. The molecular weight excluding hydrogens is 298 g/mol. The monoisotopic (exact) mass is 331 g/mol. The summed E-state index contributed by atoms with van der Waals surface area (Å²) in [5.74, 6) is 2.86. The molecule has 0 aromatic carbocycles. The Labute approximate surface area is 146 Å². The van der Waals surface area contributed by atoms with Crippen LogP contribution in [0.5, 0.6) is 0 Å². The quantitative estimate of drug-likeness (QED) is 0.349. The van der Waals surface area contributed by atoms with Crippen LogP contribution in [0.4, 0.5) is 5.82 Å². The summed E-state index contributed by atoms with van der Waals surface area (Å²) < 4.78 is 0. The molecule has 1 fully saturated rings. The first kappa shape index (κ1) is 18.6. The van der Waals surface area contributed by atoms with E-state index in [1.54, 1.807) is 0 Å². The summed E-state index contributed by atoms with van der Waals surface area (Å²) in [6.45, 7) is 2.93. The number of nitrogens with one attached hydrogen (secondary N) is 3. The normalized spacial score (nSPS) is 15.5. The van der Waals surface area contributed by atoms with Crippen LogP contribution in [0.2, 0.25) is 0 Å². The average molecular weight is 332 g/mol. The topological polar surface area (TPSA) is 61.3 Å². The van der Waals surface area contributed by atoms with Crippen molar-refractivity contribution in [1.82, 2.24) is 15.6 Å². The zero-order valence-electron chi connectivity index (χ0n) is 15.1. The highest BCUT2D eigenvalue weighted by atomic mass is 15.2. The molecule has 0 unspecified atom stereocenters. The molecule has 1 saturated carbocycles. The zero-order chi connectivity index (χ0) is 16.9. The van der Waals surface area contributed by atoms with Gasteiger partial charge in [-0.25, -0.2) is 4.98 Å². The van der Waals surface area contributed by atoms with E-state index >= 15 is 0 Å². The second-order valence-electron chi connectivity index (χ2n) is 6.57. The van der Waals surface area contributed by atoms with Crippen molar-refractivity contribution in [2.75, 3.05) is 32.0 Å². The number of nitrogens with zero attached hydrogens (tertiary/aromatic N) is 2. The Morgan fingerprint density at radius 2 is 1.83 bits per heavy atom. The minimum absolute atomic E-state index is 0.930. The van der Waals surface area contributed by atoms with Crippen molar-refractivity contribution in [3.8, 4) is 0 Å². The van der Waals surface area contributed by atoms with Gasteiger partial charge in [-0.2, -0.15) is 0 Å². The lowest BCUT2D eigenvalue weighted by Gasteiger charge is -2.13. The van der Waals surface area contributed by atoms with E-state index in [9.17, 15) is 0 Å². The lowest BCUT2D eigenvalue weighted by molar-refractivity contribution is 0.481. The Morgan fingerprint density at radius 3 is 2.54 bits per heavy atom. The molecule has 0 amide bonds. The van der Waals surface area contributed by atoms with E-state index in [0.29, 0.717) is 0 Å². The Kier molecular flexibility index (Phi) is 9.05. The van der Waals surface area contributed by atoms with Crippen LogP contribution in [0.25, 0.3) is 0 Å². The van der Waals surface area contributed by atoms with Gasteiger partial charge < -0.3 is 16.0 Å². The summed E-state index contributed by atoms with van der Waals surface area (Å²) in [4.78, 5) is 8.54. The van der Waals surface area contributed by atoms with Crippen molar-refractivity contribution in [3.63, 3.8) is 0 Å². The largest absolute Gasteiger partial charge is 0.370 e. The predicted octanol–water partition coefficient (Wildman–Crippen LogP) is 3.41. The molecule has 2 rings (SSSR count). The fourth-order valence-electron chi connectivity index (χ4n) is 3.26. The molecule has 0 atom stereocenters. The molecule has 1 aliphatic rings. The molecule has 1 aromatic rings. The van der Waals surface area contributed by atoms with Gasteiger partial charge in [0.25, 0.3) is 0 Å². The van der Waals surface area contributed by atoms with Crippen molar-refractivity contribution in [3.05, 3.63) is 24.4 Å². The number of hydrogen-bond donors (Lipinski definition) is 3. The molecular formula is C19H33N5. The summed E-state index contributed by atoms with van der Waals surface area (Å²) in [5.41, 5.74) is 0. The second kappa shape index (κ2) is 11.7. The molecule has 0 bridgehead atoms. The Hall–Kier alpha value is -1.78. The van der Waals surface area contributed by atoms with E-state index in [1.165, 1.54) is 38.5 Å². The fraction of sp³-hybridized carbons (Fsp3) is 0.684. The van der Waals surface area contributed by atoms with Crippen LogP contribution in [-0.4, -0.2) is 37.6 Å². The second-order valence-corrected chi connectivity index (χ2v) is 6.57. The van der Waals surface area contributed by atoms with Gasteiger partial charge in [-0.05, 0) is 43.7 Å². The maximum absolute atomic E-state index is 4.29. The van der Waals surface area contributed by atoms with Crippen LogP contribution >= 0.6 is 0 Å². The fourth-order valence-corrected chi connectivity index (χ4v) is 3.26. The van der Waals surface area contributed by atoms with E-state index in [-0.39, 0.29) is 0 Å². The summed E-state index contributed by atoms with van der Waals surface area (Å²) in [5, 5.41) is 10.1. The number of unbranched alkanes of at least 4 members (excludes halogenated alkanes) is 1. The number of pyridine rings is 1. The lowest BCUT2D eigenvalue weighted by atomic mass is 10.0. The van der Waals surface area contributed by atoms with Crippen molar-refractivity contribution in [2.24, 2.45) is 10.9 Å². The van der Waals surface area contributed by atoms with E-state index in [0.717, 1.165) is 50.2 Å². The van der Waals surface area contributed by atoms with Crippen LogP contribution in [0.3, 0.4) is 0 Å². The zero-order valence-corrected chi connectivity index (χ0v) is 15.1. The Balaban J connectivity index is 1.44. The van der Waals surface area contributed by atoms with E-state index in [2.05, 4.69) is 25.9 Å². The third kappa shape index (κ3) is 7.66. The van der Waals surface area contributed by atoms with Gasteiger partial charge in [0, 0.05) is 32.9 Å². The molecule has 5 heteroatoms. The molecule has 1 heterocycles. The maximum Gasteiger partial charge on any atom is 0.190 e. The van der Waals surface area contributed by atoms with Gasteiger partial charge >= 0.3 is 0 Å². The molecule has 0 spiro atoms. The molecule has 1 aliphatic carbocycles. The molecule has 24 heavy (non-hydrogen) atoms. The molecule has 0 aliphatic heterocycles. The number of aliphatic imine (C=N–C) groups is 1. The van der Waals surface area contributed by atoms with Gasteiger partial charge in [0.2, 0.25) is 0 Å². The van der Waals surface area contributed by atoms with Gasteiger partial charge in [0.15, 0.2) is 5.96 Å². The van der Waals surface area contributed by atoms with Gasteiger partial charge in [0.05, 0.1) is 0 Å². The van der Waals surface area contributed by atoms with Crippen molar-refractivity contribution >= 4 is 11.8 Å². The summed E-state index contributed by atoms with van der Waals surface area (Å²) in [7, 11) is 1.84. The first-order chi connectivity index (χ1) is 11.9. The van der Waals surface area contributed by atoms with Crippen LogP contribution in [0.15, 0.2) is 29.4 Å². The van der Waals surface area contributed by atoms with Crippen LogP contribution in [0.1, 0.15) is 51.4 Å². The highest BCUT2D eigenvalue weighted by Gasteiger charge is 2.13. The minimum Gasteiger partial charge on any atom is -0.370 e. The Morgan fingerprint density at radius 1 is 1.08 bits per heavy atom. The number of aromatic nitrogens is 1. The summed E-state index contributed by atoms with van der Waals surface area (Å²) in [6, 6.07) is 5.93. The average Bonchev–Trinajstić information content (AvgIpc) is 3.14. The Bertz CT molecular complexity index is 454. The molecule has 0 saturated heterocycles. The number of rotatable bonds is 10. The maximum atomic E-state index is 4.29. The minimum atomic E-state index is 0.930. The number of guanidine groups is 1. The van der Waals surface area contributed by atoms with E-state index in [1.807, 2.05) is 31.4 Å². The first-order valence-corrected chi connectivity index (χ1v) is 9.48. The van der Waals surface area contributed by atoms with Crippen LogP contribution < -0.4 is 16.0 Å². The molecule has 5 nitrogen and oxygen atoms in total. The highest BCUT2D eigenvalue weighted by molar-refractivity contribution is 5.79. The van der Waals surface area contributed by atoms with Crippen molar-refractivity contribution in [1.29, 1.82) is 0 Å². The van der Waals surface area contributed by atoms with Gasteiger partial charge in [-0.3, -0.25) is 4.99 Å². The molecule has 0 radical (unpaired) electrons. The lowest BCUT2D eigenvalue weighted by Crippen LogP contribution is -2.38. The summed E-state index contributed by atoms with van der Waals surface area (Å²) >= 11 is 0. The number of anilines is 1. The SMILES string of the molecule is CN=C(NCCCCNc1ccccn1)NCCCC1CCCC1. The van der Waals surface area contributed by atoms with Crippen molar-refractivity contribution in [2.45, 2.75) is 51.4 Å². The van der Waals surface area contributed by atoms with Crippen LogP contribution in [-0.2, 0) is 0 Å². The molecule has 3 N–H and O–H groups in total. The van der Waals surface area contributed by atoms with Gasteiger partial charge in [-0.1, -0.05) is 31.7 Å². The smallest absolute Gasteiger partial charge is 0.190 e. The third-order valence-corrected chi connectivity index (χ3v) is 4.65. The van der Waals surface area contributed by atoms with E-state index in [4.69, 9.17) is 0 Å². The van der Waals surface area contributed by atoms with E-state index < -0.39 is 0 Å². The predicted molar refractivity (Wildman–Crippen MR) is 103 cm³/mol. The molecule has 134 valence electrons. The third-order valence-electron chi connectivity index (χ3n) is 4.65. The molecule has 1 aromatic heterocycles. The van der Waals surface area contributed by atoms with Gasteiger partial charge in [0.1, 0.15) is 5.82 Å². The van der Waals surface area contributed by atoms with Crippen LogP contribution in [0, 0.1) is 5.92 Å². The first-order valence-electron chi connectivity index (χ1n) is 9.48. The standard InChI is InChI=1S/C19H33N5/c1-20-19(24-16-8-11-17-9-2-3-10-17)23-15-7-6-14-22-18-12-4-5-13-21-18/h4-5,12-13,17H,2-3,6-11,14-16H2,1H3,(H,21,22)(H2,20,23,24). The highest BCUT2D eigenvalue weighted by Crippen LogP contribution is 2.28.